The van der Waals surface area contributed by atoms with Gasteiger partial charge in [0.15, 0.2) is 0 Å². The van der Waals surface area contributed by atoms with Crippen LogP contribution in [0.4, 0.5) is 5.69 Å². The van der Waals surface area contributed by atoms with Crippen molar-refractivity contribution in [2.24, 2.45) is 0 Å². The van der Waals surface area contributed by atoms with E-state index in [0.717, 1.165) is 54.3 Å². The third-order valence-corrected chi connectivity index (χ3v) is 5.58. The predicted octanol–water partition coefficient (Wildman–Crippen LogP) is 3.93. The number of nitrogens with zero attached hydrogens (tertiary/aromatic N) is 3. The molecule has 1 aromatic carbocycles. The first-order chi connectivity index (χ1) is 11.6. The standard InChI is InChI=1S/C18H23BrClN3O/c1-22(7-2-10-24)14-4-8-23(9-5-14)17-3-6-21-18-15(17)11-13(19)12-16(18)20/h3,6,11-12,14,24H,2,4-5,7-10H2,1H3. The third-order valence-electron chi connectivity index (χ3n) is 4.84. The number of aliphatic hydroxyl groups excluding tert-OH is 1. The first-order valence-electron chi connectivity index (χ1n) is 8.40. The molecule has 1 saturated heterocycles. The summed E-state index contributed by atoms with van der Waals surface area (Å²) < 4.78 is 0.980. The van der Waals surface area contributed by atoms with Crippen molar-refractivity contribution < 1.29 is 5.11 Å². The van der Waals surface area contributed by atoms with Gasteiger partial charge in [-0.05, 0) is 44.5 Å². The molecule has 1 aliphatic rings. The molecule has 1 aliphatic heterocycles. The van der Waals surface area contributed by atoms with E-state index in [1.807, 2.05) is 12.3 Å². The molecule has 6 heteroatoms. The van der Waals surface area contributed by atoms with Crippen LogP contribution in [-0.2, 0) is 0 Å². The van der Waals surface area contributed by atoms with Crippen LogP contribution in [0.2, 0.25) is 5.02 Å². The highest BCUT2D eigenvalue weighted by Gasteiger charge is 2.23. The molecule has 130 valence electrons. The molecule has 0 spiro atoms. The number of aliphatic hydroxyl groups is 1. The first-order valence-corrected chi connectivity index (χ1v) is 9.57. The molecule has 1 N–H and O–H groups in total. The topological polar surface area (TPSA) is 39.6 Å². The Balaban J connectivity index is 1.76. The minimum Gasteiger partial charge on any atom is -0.396 e. The Kier molecular flexibility index (Phi) is 5.98. The number of fused-ring (bicyclic) bond motifs is 1. The Hall–Kier alpha value is -0.880. The maximum Gasteiger partial charge on any atom is 0.0909 e. The molecule has 4 nitrogen and oxygen atoms in total. The fourth-order valence-corrected chi connectivity index (χ4v) is 4.35. The van der Waals surface area contributed by atoms with Crippen LogP contribution in [-0.4, -0.2) is 54.3 Å². The molecule has 2 aromatic rings. The molecule has 3 rings (SSSR count). The molecule has 24 heavy (non-hydrogen) atoms. The van der Waals surface area contributed by atoms with E-state index in [0.29, 0.717) is 11.1 Å². The normalized spacial score (nSPS) is 16.3. The molecule has 0 unspecified atom stereocenters. The van der Waals surface area contributed by atoms with Gasteiger partial charge in [0.2, 0.25) is 0 Å². The molecule has 0 aliphatic carbocycles. The monoisotopic (exact) mass is 411 g/mol. The van der Waals surface area contributed by atoms with Crippen molar-refractivity contribution in [3.8, 4) is 0 Å². The number of benzene rings is 1. The molecule has 1 fully saturated rings. The lowest BCUT2D eigenvalue weighted by molar-refractivity contribution is 0.184. The van der Waals surface area contributed by atoms with Crippen LogP contribution in [0.1, 0.15) is 19.3 Å². The molecular weight excluding hydrogens is 390 g/mol. The largest absolute Gasteiger partial charge is 0.396 e. The van der Waals surface area contributed by atoms with Crippen LogP contribution >= 0.6 is 27.5 Å². The molecule has 0 atom stereocenters. The van der Waals surface area contributed by atoms with Crippen molar-refractivity contribution in [1.82, 2.24) is 9.88 Å². The second-order valence-electron chi connectivity index (χ2n) is 6.39. The molecule has 2 heterocycles. The summed E-state index contributed by atoms with van der Waals surface area (Å²) in [5.74, 6) is 0. The Bertz CT molecular complexity index is 704. The van der Waals surface area contributed by atoms with Crippen LogP contribution in [0.15, 0.2) is 28.9 Å². The number of hydrogen-bond acceptors (Lipinski definition) is 4. The van der Waals surface area contributed by atoms with Crippen LogP contribution in [0.25, 0.3) is 10.9 Å². The van der Waals surface area contributed by atoms with E-state index < -0.39 is 0 Å². The van der Waals surface area contributed by atoms with E-state index in [1.165, 1.54) is 5.69 Å². The second kappa shape index (κ2) is 8.00. The number of aromatic nitrogens is 1. The van der Waals surface area contributed by atoms with Gasteiger partial charge in [0.25, 0.3) is 0 Å². The summed E-state index contributed by atoms with van der Waals surface area (Å²) in [7, 11) is 2.16. The van der Waals surface area contributed by atoms with Crippen LogP contribution in [0.5, 0.6) is 0 Å². The quantitative estimate of drug-likeness (QED) is 0.807. The lowest BCUT2D eigenvalue weighted by Crippen LogP contribution is -2.43. The van der Waals surface area contributed by atoms with Gasteiger partial charge in [-0.15, -0.1) is 0 Å². The number of pyridine rings is 1. The predicted molar refractivity (Wildman–Crippen MR) is 104 cm³/mol. The van der Waals surface area contributed by atoms with E-state index in [4.69, 9.17) is 16.7 Å². The van der Waals surface area contributed by atoms with Crippen molar-refractivity contribution in [2.45, 2.75) is 25.3 Å². The van der Waals surface area contributed by atoms with Gasteiger partial charge in [0.05, 0.1) is 10.5 Å². The van der Waals surface area contributed by atoms with E-state index in [1.54, 1.807) is 0 Å². The van der Waals surface area contributed by atoms with Gasteiger partial charge in [0, 0.05) is 54.0 Å². The highest BCUT2D eigenvalue weighted by atomic mass is 79.9. The van der Waals surface area contributed by atoms with Crippen LogP contribution < -0.4 is 4.90 Å². The van der Waals surface area contributed by atoms with Crippen molar-refractivity contribution in [1.29, 1.82) is 0 Å². The Labute approximate surface area is 156 Å². The fourth-order valence-electron chi connectivity index (χ4n) is 3.49. The van der Waals surface area contributed by atoms with Crippen molar-refractivity contribution in [3.05, 3.63) is 33.9 Å². The highest BCUT2D eigenvalue weighted by molar-refractivity contribution is 9.10. The lowest BCUT2D eigenvalue weighted by atomic mass is 10.0. The van der Waals surface area contributed by atoms with Crippen LogP contribution in [0.3, 0.4) is 0 Å². The van der Waals surface area contributed by atoms with Gasteiger partial charge in [-0.2, -0.15) is 0 Å². The summed E-state index contributed by atoms with van der Waals surface area (Å²) in [6.07, 6.45) is 4.95. The van der Waals surface area contributed by atoms with Crippen LogP contribution in [0, 0.1) is 0 Å². The van der Waals surface area contributed by atoms with Crippen molar-refractivity contribution in [2.75, 3.05) is 38.2 Å². The van der Waals surface area contributed by atoms with E-state index in [9.17, 15) is 0 Å². The average Bonchev–Trinajstić information content (AvgIpc) is 2.59. The van der Waals surface area contributed by atoms with E-state index in [-0.39, 0.29) is 6.61 Å². The molecular formula is C18H23BrClN3O. The van der Waals surface area contributed by atoms with Gasteiger partial charge in [-0.3, -0.25) is 4.98 Å². The zero-order valence-electron chi connectivity index (χ0n) is 13.9. The van der Waals surface area contributed by atoms with E-state index >= 15 is 0 Å². The van der Waals surface area contributed by atoms with Gasteiger partial charge >= 0.3 is 0 Å². The molecule has 1 aromatic heterocycles. The molecule has 0 radical (unpaired) electrons. The van der Waals surface area contributed by atoms with Crippen molar-refractivity contribution in [3.63, 3.8) is 0 Å². The Morgan fingerprint density at radius 3 is 2.83 bits per heavy atom. The SMILES string of the molecule is CN(CCCO)C1CCN(c2ccnc3c(Cl)cc(Br)cc23)CC1. The number of hydrogen-bond donors (Lipinski definition) is 1. The minimum atomic E-state index is 0.266. The van der Waals surface area contributed by atoms with Gasteiger partial charge in [-0.25, -0.2) is 0 Å². The average molecular weight is 413 g/mol. The molecule has 0 saturated carbocycles. The fraction of sp³-hybridized carbons (Fsp3) is 0.500. The summed E-state index contributed by atoms with van der Waals surface area (Å²) in [4.78, 5) is 9.26. The maximum atomic E-state index is 8.99. The zero-order chi connectivity index (χ0) is 17.1. The summed E-state index contributed by atoms with van der Waals surface area (Å²) in [6, 6.07) is 6.67. The number of anilines is 1. The van der Waals surface area contributed by atoms with Gasteiger partial charge in [-0.1, -0.05) is 27.5 Å². The number of halogens is 2. The van der Waals surface area contributed by atoms with Gasteiger partial charge in [0.1, 0.15) is 0 Å². The molecule has 0 amide bonds. The Morgan fingerprint density at radius 2 is 2.12 bits per heavy atom. The summed E-state index contributed by atoms with van der Waals surface area (Å²) in [6.45, 7) is 3.28. The summed E-state index contributed by atoms with van der Waals surface area (Å²) in [5.41, 5.74) is 2.07. The maximum absolute atomic E-state index is 8.99. The number of piperidine rings is 1. The van der Waals surface area contributed by atoms with Gasteiger partial charge < -0.3 is 14.9 Å². The molecule has 0 bridgehead atoms. The van der Waals surface area contributed by atoms with Crippen molar-refractivity contribution >= 4 is 44.1 Å². The second-order valence-corrected chi connectivity index (χ2v) is 7.71. The lowest BCUT2D eigenvalue weighted by Gasteiger charge is -2.38. The minimum absolute atomic E-state index is 0.266. The zero-order valence-corrected chi connectivity index (χ0v) is 16.2. The number of rotatable bonds is 5. The smallest absolute Gasteiger partial charge is 0.0909 e. The highest BCUT2D eigenvalue weighted by Crippen LogP contribution is 2.34. The van der Waals surface area contributed by atoms with E-state index in [2.05, 4.69) is 49.9 Å². The Morgan fingerprint density at radius 1 is 1.38 bits per heavy atom. The third kappa shape index (κ3) is 3.85. The first kappa shape index (κ1) is 17.9. The summed E-state index contributed by atoms with van der Waals surface area (Å²) in [5, 5.41) is 10.8. The summed E-state index contributed by atoms with van der Waals surface area (Å²) >= 11 is 9.88.